The van der Waals surface area contributed by atoms with Gasteiger partial charge in [-0.3, -0.25) is 0 Å². The Kier molecular flexibility index (Phi) is 4.29. The maximum atomic E-state index is 11.4. The summed E-state index contributed by atoms with van der Waals surface area (Å²) in [5, 5.41) is 11.7. The fourth-order valence-electron chi connectivity index (χ4n) is 1.21. The molecule has 1 aromatic rings. The van der Waals surface area contributed by atoms with Crippen LogP contribution in [0.2, 0.25) is 0 Å². The number of nitrogen functional groups attached to an aromatic ring is 1. The van der Waals surface area contributed by atoms with E-state index in [-0.39, 0.29) is 0 Å². The third kappa shape index (κ3) is 3.34. The zero-order valence-electron chi connectivity index (χ0n) is 9.73. The van der Waals surface area contributed by atoms with E-state index in [1.807, 2.05) is 6.07 Å². The highest BCUT2D eigenvalue weighted by Crippen LogP contribution is 2.15. The summed E-state index contributed by atoms with van der Waals surface area (Å²) in [5.74, 6) is -0.0720. The third-order valence-corrected chi connectivity index (χ3v) is 2.02. The Morgan fingerprint density at radius 1 is 1.76 bits per heavy atom. The van der Waals surface area contributed by atoms with Crippen LogP contribution >= 0.6 is 0 Å². The summed E-state index contributed by atoms with van der Waals surface area (Å²) >= 11 is 0. The van der Waals surface area contributed by atoms with Crippen molar-refractivity contribution in [2.75, 3.05) is 17.7 Å². The Bertz CT molecular complexity index is 453. The Morgan fingerprint density at radius 3 is 3.06 bits per heavy atom. The number of rotatable bonds is 4. The highest BCUT2D eigenvalue weighted by Gasteiger charge is 2.15. The monoisotopic (exact) mass is 234 g/mol. The Hall–Kier alpha value is -2.29. The Labute approximate surface area is 99.4 Å². The number of carbonyl (C=O) groups is 1. The molecule has 1 heterocycles. The van der Waals surface area contributed by atoms with Crippen molar-refractivity contribution < 1.29 is 9.53 Å². The maximum absolute atomic E-state index is 11.4. The fourth-order valence-corrected chi connectivity index (χ4v) is 1.21. The molecule has 3 N–H and O–H groups in total. The van der Waals surface area contributed by atoms with Crippen molar-refractivity contribution >= 4 is 17.5 Å². The molecule has 0 aromatic carbocycles. The van der Waals surface area contributed by atoms with Crippen molar-refractivity contribution in [3.63, 3.8) is 0 Å². The predicted octanol–water partition coefficient (Wildman–Crippen LogP) is 0.899. The fraction of sp³-hybridized carbons (Fsp3) is 0.364. The van der Waals surface area contributed by atoms with Crippen LogP contribution in [0.4, 0.5) is 11.5 Å². The Balaban J connectivity index is 2.82. The summed E-state index contributed by atoms with van der Waals surface area (Å²) in [7, 11) is 0. The Morgan fingerprint density at radius 2 is 2.47 bits per heavy atom. The molecular weight excluding hydrogens is 220 g/mol. The minimum absolute atomic E-state index is 0.293. The van der Waals surface area contributed by atoms with E-state index in [1.54, 1.807) is 13.8 Å². The summed E-state index contributed by atoms with van der Waals surface area (Å²) in [6, 6.07) is 2.88. The lowest BCUT2D eigenvalue weighted by molar-refractivity contribution is -0.143. The SMILES string of the molecule is CCOC(=O)C(C)Nc1ncc(N)cc1C#N. The van der Waals surface area contributed by atoms with Gasteiger partial charge in [0.2, 0.25) is 0 Å². The summed E-state index contributed by atoms with van der Waals surface area (Å²) in [5.41, 5.74) is 6.20. The topological polar surface area (TPSA) is 101 Å². The molecule has 0 bridgehead atoms. The van der Waals surface area contributed by atoms with Crippen LogP contribution in [0.25, 0.3) is 0 Å². The van der Waals surface area contributed by atoms with Gasteiger partial charge < -0.3 is 15.8 Å². The molecule has 0 spiro atoms. The molecule has 90 valence electrons. The van der Waals surface area contributed by atoms with Gasteiger partial charge in [0.25, 0.3) is 0 Å². The van der Waals surface area contributed by atoms with Crippen LogP contribution in [0.15, 0.2) is 12.3 Å². The van der Waals surface area contributed by atoms with Gasteiger partial charge in [-0.2, -0.15) is 5.26 Å². The normalized spacial score (nSPS) is 11.4. The van der Waals surface area contributed by atoms with Gasteiger partial charge in [0, 0.05) is 0 Å². The minimum Gasteiger partial charge on any atom is -0.464 e. The lowest BCUT2D eigenvalue weighted by Crippen LogP contribution is -2.29. The number of nitrogens with two attached hydrogens (primary N) is 1. The highest BCUT2D eigenvalue weighted by molar-refractivity contribution is 5.79. The smallest absolute Gasteiger partial charge is 0.328 e. The number of anilines is 2. The molecule has 0 amide bonds. The average molecular weight is 234 g/mol. The molecule has 0 aliphatic heterocycles. The molecule has 0 saturated heterocycles. The minimum atomic E-state index is -0.571. The molecule has 1 aromatic heterocycles. The van der Waals surface area contributed by atoms with Crippen molar-refractivity contribution in [1.82, 2.24) is 4.98 Å². The van der Waals surface area contributed by atoms with Crippen LogP contribution in [0, 0.1) is 11.3 Å². The number of esters is 1. The van der Waals surface area contributed by atoms with Crippen LogP contribution in [0.3, 0.4) is 0 Å². The molecule has 6 nitrogen and oxygen atoms in total. The van der Waals surface area contributed by atoms with Gasteiger partial charge in [0.1, 0.15) is 17.9 Å². The zero-order valence-corrected chi connectivity index (χ0v) is 9.73. The molecule has 17 heavy (non-hydrogen) atoms. The second kappa shape index (κ2) is 5.70. The second-order valence-electron chi connectivity index (χ2n) is 3.39. The quantitative estimate of drug-likeness (QED) is 0.750. The third-order valence-electron chi connectivity index (χ3n) is 2.02. The maximum Gasteiger partial charge on any atom is 0.328 e. The van der Waals surface area contributed by atoms with E-state index in [9.17, 15) is 4.79 Å². The number of nitriles is 1. The summed E-state index contributed by atoms with van der Waals surface area (Å²) in [6.07, 6.45) is 1.42. The van der Waals surface area contributed by atoms with Crippen LogP contribution in [-0.4, -0.2) is 23.6 Å². The molecular formula is C11H14N4O2. The van der Waals surface area contributed by atoms with Gasteiger partial charge in [-0.05, 0) is 19.9 Å². The van der Waals surface area contributed by atoms with Gasteiger partial charge in [-0.1, -0.05) is 0 Å². The molecule has 6 heteroatoms. The van der Waals surface area contributed by atoms with Crippen LogP contribution in [0.5, 0.6) is 0 Å². The number of carbonyl (C=O) groups excluding carboxylic acids is 1. The summed E-state index contributed by atoms with van der Waals surface area (Å²) < 4.78 is 4.84. The number of hydrogen-bond donors (Lipinski definition) is 2. The molecule has 0 fully saturated rings. The lowest BCUT2D eigenvalue weighted by atomic mass is 10.2. The average Bonchev–Trinajstić information content (AvgIpc) is 2.31. The van der Waals surface area contributed by atoms with Crippen molar-refractivity contribution in [2.24, 2.45) is 0 Å². The van der Waals surface area contributed by atoms with E-state index in [1.165, 1.54) is 12.3 Å². The van der Waals surface area contributed by atoms with Crippen LogP contribution < -0.4 is 11.1 Å². The molecule has 1 atom stereocenters. The molecule has 0 aliphatic carbocycles. The largest absolute Gasteiger partial charge is 0.464 e. The van der Waals surface area contributed by atoms with Crippen molar-refractivity contribution in [2.45, 2.75) is 19.9 Å². The first-order chi connectivity index (χ1) is 8.08. The zero-order chi connectivity index (χ0) is 12.8. The second-order valence-corrected chi connectivity index (χ2v) is 3.39. The number of hydrogen-bond acceptors (Lipinski definition) is 6. The predicted molar refractivity (Wildman–Crippen MR) is 63.1 cm³/mol. The molecule has 1 unspecified atom stereocenters. The van der Waals surface area contributed by atoms with Gasteiger partial charge in [-0.15, -0.1) is 0 Å². The summed E-state index contributed by atoms with van der Waals surface area (Å²) in [4.78, 5) is 15.4. The first-order valence-electron chi connectivity index (χ1n) is 5.17. The number of nitrogens with zero attached hydrogens (tertiary/aromatic N) is 2. The lowest BCUT2D eigenvalue weighted by Gasteiger charge is -2.13. The number of aromatic nitrogens is 1. The first kappa shape index (κ1) is 12.8. The van der Waals surface area contributed by atoms with Crippen molar-refractivity contribution in [1.29, 1.82) is 5.26 Å². The highest BCUT2D eigenvalue weighted by atomic mass is 16.5. The van der Waals surface area contributed by atoms with E-state index in [2.05, 4.69) is 10.3 Å². The number of ether oxygens (including phenoxy) is 1. The van der Waals surface area contributed by atoms with E-state index in [0.29, 0.717) is 23.7 Å². The van der Waals surface area contributed by atoms with Gasteiger partial charge in [0.15, 0.2) is 0 Å². The van der Waals surface area contributed by atoms with E-state index >= 15 is 0 Å². The molecule has 0 saturated carbocycles. The van der Waals surface area contributed by atoms with Crippen molar-refractivity contribution in [3.8, 4) is 6.07 Å². The van der Waals surface area contributed by atoms with Crippen molar-refractivity contribution in [3.05, 3.63) is 17.8 Å². The molecule has 1 rings (SSSR count). The van der Waals surface area contributed by atoms with Gasteiger partial charge in [0.05, 0.1) is 24.1 Å². The number of pyridine rings is 1. The van der Waals surface area contributed by atoms with Crippen LogP contribution in [-0.2, 0) is 9.53 Å². The van der Waals surface area contributed by atoms with E-state index in [4.69, 9.17) is 15.7 Å². The summed E-state index contributed by atoms with van der Waals surface area (Å²) in [6.45, 7) is 3.68. The van der Waals surface area contributed by atoms with Crippen LogP contribution in [0.1, 0.15) is 19.4 Å². The standard InChI is InChI=1S/C11H14N4O2/c1-3-17-11(16)7(2)15-10-8(5-12)4-9(13)6-14-10/h4,6-7H,3,13H2,1-2H3,(H,14,15). The first-order valence-corrected chi connectivity index (χ1v) is 5.17. The van der Waals surface area contributed by atoms with Gasteiger partial charge in [-0.25, -0.2) is 9.78 Å². The van der Waals surface area contributed by atoms with E-state index in [0.717, 1.165) is 0 Å². The molecule has 0 aliphatic rings. The van der Waals surface area contributed by atoms with Gasteiger partial charge >= 0.3 is 5.97 Å². The molecule has 0 radical (unpaired) electrons. The number of nitrogens with one attached hydrogen (secondary N) is 1. The van der Waals surface area contributed by atoms with E-state index < -0.39 is 12.0 Å².